The Balaban J connectivity index is 2.79. The molecular weight excluding hydrogens is 892 g/mol. The third-order valence-corrected chi connectivity index (χ3v) is 9.54. The van der Waals surface area contributed by atoms with E-state index in [2.05, 4.69) is 106 Å². The predicted octanol–water partition coefficient (Wildman–Crippen LogP) is 8.17. The summed E-state index contributed by atoms with van der Waals surface area (Å²) in [5.74, 6) is -0.799. The van der Waals surface area contributed by atoms with Crippen molar-refractivity contribution in [3.8, 4) is 0 Å². The van der Waals surface area contributed by atoms with Crippen molar-refractivity contribution in [3.05, 3.63) is 58.7 Å². The molecule has 0 aliphatic rings. The molecule has 13 heteroatoms. The first-order valence-corrected chi connectivity index (χ1v) is 17.6. The number of unbranched alkanes of at least 4 members (excludes halogenated alkanes) is 2. The fraction of sp³-hybridized carbons (Fsp3) is 0.417. The second-order valence-corrected chi connectivity index (χ2v) is 23.5. The smallest absolute Gasteiger partial charge is 0.251 e. The van der Waals surface area contributed by atoms with Crippen molar-refractivity contribution < 1.29 is 18.0 Å². The van der Waals surface area contributed by atoms with Crippen LogP contribution in [0.25, 0.3) is 0 Å². The van der Waals surface area contributed by atoms with Crippen molar-refractivity contribution in [2.75, 3.05) is 13.1 Å². The summed E-state index contributed by atoms with van der Waals surface area (Å²) in [4.78, 5) is 25.9. The number of hydrogen-bond donors (Lipinski definition) is 2. The molecule has 0 atom stereocenters. The summed E-state index contributed by atoms with van der Waals surface area (Å²) in [7, 11) is -4.27. The normalized spacial score (nSPS) is 12.3. The molecule has 6 nitrogen and oxygen atoms in total. The zero-order chi connectivity index (χ0) is 28.0. The Morgan fingerprint density at radius 3 is 1.35 bits per heavy atom. The molecule has 0 aromatic heterocycles. The third kappa shape index (κ3) is 8.60. The molecule has 0 radical (unpaired) electrons. The lowest BCUT2D eigenvalue weighted by Crippen LogP contribution is -2.28. The van der Waals surface area contributed by atoms with Crippen LogP contribution in [0.3, 0.4) is 0 Å². The number of amides is 2. The van der Waals surface area contributed by atoms with Crippen LogP contribution in [0.5, 0.6) is 0 Å². The summed E-state index contributed by atoms with van der Waals surface area (Å²) < 4.78 is 26.1. The molecule has 0 unspecified atom stereocenters. The van der Waals surface area contributed by atoms with Crippen LogP contribution >= 0.6 is 95.6 Å². The highest BCUT2D eigenvalue weighted by atomic mass is 80.0. The maximum atomic E-state index is 14.3. The Morgan fingerprint density at radius 2 is 1.05 bits per heavy atom. The van der Waals surface area contributed by atoms with Crippen LogP contribution in [0.1, 0.15) is 71.4 Å². The van der Waals surface area contributed by atoms with Gasteiger partial charge in [0.05, 0.1) is 9.79 Å². The number of carbonyl (C=O) groups excluding carboxylic acids is 2. The van der Waals surface area contributed by atoms with E-state index in [-0.39, 0.29) is 32.0 Å². The van der Waals surface area contributed by atoms with Crippen molar-refractivity contribution in [1.82, 2.24) is 10.6 Å². The Hall–Kier alpha value is 0.210. The van der Waals surface area contributed by atoms with E-state index in [4.69, 9.17) is 0 Å². The number of carbonyl (C=O) groups is 2. The predicted molar refractivity (Wildman–Crippen MR) is 170 cm³/mol. The highest BCUT2D eigenvalue weighted by Crippen LogP contribution is 2.52. The van der Waals surface area contributed by atoms with Crippen LogP contribution in [0.2, 0.25) is 0 Å². The maximum Gasteiger partial charge on any atom is 0.251 e. The summed E-state index contributed by atoms with van der Waals surface area (Å²) in [5, 5.41) is 5.69. The molecule has 37 heavy (non-hydrogen) atoms. The zero-order valence-electron chi connectivity index (χ0n) is 20.0. The van der Waals surface area contributed by atoms with Gasteiger partial charge in [-0.3, -0.25) is 9.59 Å². The zero-order valence-corrected chi connectivity index (χ0v) is 30.3. The molecule has 2 N–H and O–H groups in total. The van der Waals surface area contributed by atoms with Gasteiger partial charge in [0.15, 0.2) is 4.29 Å². The van der Waals surface area contributed by atoms with Crippen LogP contribution in [0, 0.1) is 0 Å². The largest absolute Gasteiger partial charge is 0.352 e. The molecule has 0 bridgehead atoms. The van der Waals surface area contributed by atoms with Crippen LogP contribution in [-0.2, 0) is 14.1 Å². The summed E-state index contributed by atoms with van der Waals surface area (Å²) >= 11 is 20.6. The molecule has 2 aromatic carbocycles. The van der Waals surface area contributed by atoms with Gasteiger partial charge in [-0.05, 0) is 37.1 Å². The van der Waals surface area contributed by atoms with E-state index in [1.165, 1.54) is 24.3 Å². The fourth-order valence-corrected chi connectivity index (χ4v) is 8.71. The molecule has 0 aliphatic carbocycles. The average Bonchev–Trinajstić information content (AvgIpc) is 2.82. The first-order chi connectivity index (χ1) is 17.2. The van der Waals surface area contributed by atoms with Crippen molar-refractivity contribution in [1.29, 1.82) is 0 Å². The molecule has 0 fully saturated rings. The van der Waals surface area contributed by atoms with Gasteiger partial charge in [-0.15, -0.1) is 0 Å². The van der Waals surface area contributed by atoms with Crippen LogP contribution in [0.15, 0.2) is 46.2 Å². The minimum absolute atomic E-state index is 0.109. The lowest BCUT2D eigenvalue weighted by atomic mass is 10.1. The minimum Gasteiger partial charge on any atom is -0.352 e. The van der Waals surface area contributed by atoms with Crippen LogP contribution < -0.4 is 10.6 Å². The molecule has 2 amide bonds. The van der Waals surface area contributed by atoms with Gasteiger partial charge in [0.2, 0.25) is 9.84 Å². The molecule has 0 saturated heterocycles. The molecule has 0 aliphatic heterocycles. The summed E-state index contributed by atoms with van der Waals surface area (Å²) in [6, 6.07) is 9.04. The summed E-state index contributed by atoms with van der Waals surface area (Å²) in [5.41, 5.74) is 0.718. The summed E-state index contributed by atoms with van der Waals surface area (Å²) in [6.45, 7) is 4.95. The minimum atomic E-state index is -4.27. The second-order valence-electron chi connectivity index (χ2n) is 8.08. The van der Waals surface area contributed by atoms with E-state index in [1.54, 1.807) is 12.1 Å². The first kappa shape index (κ1) is 33.4. The van der Waals surface area contributed by atoms with E-state index < -0.39 is 25.9 Å². The molecular formula is C24H26Br6N2O4S. The van der Waals surface area contributed by atoms with Gasteiger partial charge >= 0.3 is 0 Å². The van der Waals surface area contributed by atoms with Crippen LogP contribution in [0.4, 0.5) is 0 Å². The van der Waals surface area contributed by atoms with Crippen molar-refractivity contribution in [2.45, 2.75) is 53.6 Å². The Bertz CT molecular complexity index is 1150. The quantitative estimate of drug-likeness (QED) is 0.186. The number of rotatable bonds is 10. The molecule has 0 spiro atoms. The van der Waals surface area contributed by atoms with Crippen molar-refractivity contribution >= 4 is 117 Å². The highest BCUT2D eigenvalue weighted by molar-refractivity contribution is 9.39. The monoisotopic (exact) mass is 912 g/mol. The Morgan fingerprint density at radius 1 is 0.703 bits per heavy atom. The average molecular weight is 918 g/mol. The highest BCUT2D eigenvalue weighted by Gasteiger charge is 2.39. The van der Waals surface area contributed by atoms with Crippen LogP contribution in [-0.4, -0.2) is 33.3 Å². The van der Waals surface area contributed by atoms with Gasteiger partial charge in [0.25, 0.3) is 11.8 Å². The van der Waals surface area contributed by atoms with E-state index in [0.717, 1.165) is 25.7 Å². The lowest BCUT2D eigenvalue weighted by molar-refractivity contribution is 0.0944. The van der Waals surface area contributed by atoms with E-state index in [9.17, 15) is 18.0 Å². The fourth-order valence-electron chi connectivity index (χ4n) is 3.54. The Labute approximate surface area is 268 Å². The van der Waals surface area contributed by atoms with Gasteiger partial charge in [-0.1, -0.05) is 134 Å². The van der Waals surface area contributed by atoms with Gasteiger partial charge in [-0.25, -0.2) is 8.42 Å². The number of nitrogens with one attached hydrogen (secondary N) is 2. The molecule has 2 aromatic rings. The third-order valence-electron chi connectivity index (χ3n) is 5.32. The topological polar surface area (TPSA) is 92.3 Å². The molecule has 0 heterocycles. The van der Waals surface area contributed by atoms with Crippen molar-refractivity contribution in [2.24, 2.45) is 0 Å². The number of halogens is 6. The number of benzene rings is 2. The first-order valence-electron chi connectivity index (χ1n) is 11.4. The van der Waals surface area contributed by atoms with E-state index in [1.807, 2.05) is 13.8 Å². The van der Waals surface area contributed by atoms with E-state index in [0.29, 0.717) is 13.1 Å². The van der Waals surface area contributed by atoms with Gasteiger partial charge in [-0.2, -0.15) is 0 Å². The lowest BCUT2D eigenvalue weighted by Gasteiger charge is -2.25. The van der Waals surface area contributed by atoms with Gasteiger partial charge in [0, 0.05) is 35.3 Å². The van der Waals surface area contributed by atoms with Gasteiger partial charge < -0.3 is 10.6 Å². The number of hydrogen-bond acceptors (Lipinski definition) is 4. The van der Waals surface area contributed by atoms with Crippen molar-refractivity contribution in [3.63, 3.8) is 0 Å². The second kappa shape index (κ2) is 14.2. The van der Waals surface area contributed by atoms with Gasteiger partial charge in [0.1, 0.15) is 0 Å². The van der Waals surface area contributed by atoms with E-state index >= 15 is 0 Å². The summed E-state index contributed by atoms with van der Waals surface area (Å²) in [6.07, 6.45) is 3.39. The molecule has 204 valence electrons. The molecule has 0 saturated carbocycles. The Kier molecular flexibility index (Phi) is 12.8. The standard InChI is InChI=1S/C24H26Br6N2O4S/c1-3-5-13-31-21(33)15-9-7-11-17(19(15)23(25,26)27)37(35,36)18-12-8-10-16(20(18)24(28,29)30)22(34)32-14-6-4-2/h7-12H,3-6,13-14H2,1-2H3,(H,31,33)(H,32,34). The number of sulfone groups is 1. The maximum absolute atomic E-state index is 14.3. The number of alkyl halides is 6. The SMILES string of the molecule is CCCCNC(=O)c1cccc(S(=O)(=O)c2cccc(C(=O)NCCCC)c2C(Br)(Br)Br)c1C(Br)(Br)Br. The molecule has 2 rings (SSSR count).